The van der Waals surface area contributed by atoms with Crippen LogP contribution in [0.15, 0.2) is 73.1 Å². The first-order valence-corrected chi connectivity index (χ1v) is 10.9. The van der Waals surface area contributed by atoms with E-state index < -0.39 is 0 Å². The van der Waals surface area contributed by atoms with E-state index >= 15 is 0 Å². The maximum atomic E-state index is 4.96. The highest BCUT2D eigenvalue weighted by molar-refractivity contribution is 5.96. The third kappa shape index (κ3) is 2.50. The number of aryl methyl sites for hydroxylation is 4. The van der Waals surface area contributed by atoms with Crippen molar-refractivity contribution < 1.29 is 0 Å². The number of para-hydroxylation sites is 1. The van der Waals surface area contributed by atoms with Crippen molar-refractivity contribution in [1.82, 2.24) is 18.8 Å². The third-order valence-electron chi connectivity index (χ3n) is 6.57. The SMILES string of the molecule is Cc1cccc(C)c1-c1cnc2n1c1ccccc1c1ncc(-c3c(C)cccc3C)n12. The molecule has 0 radical (unpaired) electrons. The molecule has 0 saturated heterocycles. The van der Waals surface area contributed by atoms with E-state index in [1.807, 2.05) is 12.4 Å². The number of hydrogen-bond acceptors (Lipinski definition) is 2. The molecule has 32 heavy (non-hydrogen) atoms. The summed E-state index contributed by atoms with van der Waals surface area (Å²) in [5.41, 5.74) is 11.6. The molecule has 0 spiro atoms. The van der Waals surface area contributed by atoms with E-state index in [1.54, 1.807) is 0 Å². The molecule has 0 amide bonds. The first-order valence-electron chi connectivity index (χ1n) is 10.9. The summed E-state index contributed by atoms with van der Waals surface area (Å²) in [5.74, 6) is 0.881. The number of benzene rings is 3. The van der Waals surface area contributed by atoms with Crippen LogP contribution < -0.4 is 0 Å². The zero-order chi connectivity index (χ0) is 22.0. The van der Waals surface area contributed by atoms with Crippen LogP contribution in [-0.2, 0) is 0 Å². The summed E-state index contributed by atoms with van der Waals surface area (Å²) in [6.07, 6.45) is 4.00. The number of aromatic nitrogens is 4. The Kier molecular flexibility index (Phi) is 3.99. The molecule has 0 fully saturated rings. The summed E-state index contributed by atoms with van der Waals surface area (Å²) < 4.78 is 4.51. The fourth-order valence-electron chi connectivity index (χ4n) is 5.13. The van der Waals surface area contributed by atoms with Crippen LogP contribution in [0.4, 0.5) is 0 Å². The molecule has 3 aromatic carbocycles. The third-order valence-corrected chi connectivity index (χ3v) is 6.57. The van der Waals surface area contributed by atoms with Crippen molar-refractivity contribution in [2.24, 2.45) is 0 Å². The van der Waals surface area contributed by atoms with Gasteiger partial charge in [0.2, 0.25) is 5.78 Å². The average molecular weight is 417 g/mol. The molecule has 0 saturated carbocycles. The summed E-state index contributed by atoms with van der Waals surface area (Å²) in [4.78, 5) is 9.84. The van der Waals surface area contributed by atoms with E-state index in [4.69, 9.17) is 9.97 Å². The highest BCUT2D eigenvalue weighted by Gasteiger charge is 2.20. The second-order valence-electron chi connectivity index (χ2n) is 8.63. The van der Waals surface area contributed by atoms with Crippen molar-refractivity contribution in [2.45, 2.75) is 27.7 Å². The van der Waals surface area contributed by atoms with Crippen LogP contribution in [0.1, 0.15) is 22.3 Å². The predicted octanol–water partition coefficient (Wildman–Crippen LogP) is 6.70. The monoisotopic (exact) mass is 416 g/mol. The molecule has 4 nitrogen and oxygen atoms in total. The lowest BCUT2D eigenvalue weighted by Crippen LogP contribution is -2.02. The Morgan fingerprint density at radius 2 is 1.09 bits per heavy atom. The zero-order valence-corrected chi connectivity index (χ0v) is 18.7. The van der Waals surface area contributed by atoms with Crippen molar-refractivity contribution in [2.75, 3.05) is 0 Å². The molecular weight excluding hydrogens is 392 g/mol. The Morgan fingerprint density at radius 1 is 0.562 bits per heavy atom. The maximum Gasteiger partial charge on any atom is 0.221 e. The van der Waals surface area contributed by atoms with Gasteiger partial charge in [-0.05, 0) is 62.1 Å². The standard InChI is InChI=1S/C28H24N4/c1-17-9-7-10-18(2)25(17)23-16-30-28-31(23)22-14-6-5-13-21(22)27-29-15-24(32(27)28)26-19(3)11-8-12-20(26)4/h5-16H,1-4H3. The van der Waals surface area contributed by atoms with Crippen LogP contribution in [-0.4, -0.2) is 18.8 Å². The number of fused-ring (bicyclic) bond motifs is 6. The predicted molar refractivity (Wildman–Crippen MR) is 131 cm³/mol. The molecule has 0 unspecified atom stereocenters. The van der Waals surface area contributed by atoms with Crippen LogP contribution >= 0.6 is 0 Å². The topological polar surface area (TPSA) is 34.6 Å². The summed E-state index contributed by atoms with van der Waals surface area (Å²) in [6, 6.07) is 21.4. The lowest BCUT2D eigenvalue weighted by Gasteiger charge is -2.14. The van der Waals surface area contributed by atoms with E-state index in [0.29, 0.717) is 0 Å². The van der Waals surface area contributed by atoms with E-state index in [9.17, 15) is 0 Å². The molecule has 156 valence electrons. The van der Waals surface area contributed by atoms with Crippen molar-refractivity contribution in [3.8, 4) is 22.5 Å². The van der Waals surface area contributed by atoms with Gasteiger partial charge in [0.1, 0.15) is 5.65 Å². The summed E-state index contributed by atoms with van der Waals surface area (Å²) in [7, 11) is 0. The highest BCUT2D eigenvalue weighted by Crippen LogP contribution is 2.35. The number of nitrogens with zero attached hydrogens (tertiary/aromatic N) is 4. The van der Waals surface area contributed by atoms with Gasteiger partial charge >= 0.3 is 0 Å². The molecule has 0 bridgehead atoms. The number of imidazole rings is 2. The van der Waals surface area contributed by atoms with E-state index in [1.165, 1.54) is 33.4 Å². The second-order valence-corrected chi connectivity index (χ2v) is 8.63. The van der Waals surface area contributed by atoms with Crippen molar-refractivity contribution in [1.29, 1.82) is 0 Å². The van der Waals surface area contributed by atoms with Gasteiger partial charge in [0.05, 0.1) is 29.3 Å². The molecule has 3 heterocycles. The van der Waals surface area contributed by atoms with Gasteiger partial charge in [-0.2, -0.15) is 0 Å². The smallest absolute Gasteiger partial charge is 0.221 e. The van der Waals surface area contributed by atoms with Crippen molar-refractivity contribution in [3.05, 3.63) is 95.3 Å². The Balaban J connectivity index is 1.83. The first-order chi connectivity index (χ1) is 15.6. The molecule has 0 N–H and O–H groups in total. The lowest BCUT2D eigenvalue weighted by molar-refractivity contribution is 1.10. The van der Waals surface area contributed by atoms with Gasteiger partial charge in [0, 0.05) is 16.5 Å². The van der Waals surface area contributed by atoms with Gasteiger partial charge in [0.15, 0.2) is 0 Å². The molecule has 0 aliphatic heterocycles. The van der Waals surface area contributed by atoms with Gasteiger partial charge in [0.25, 0.3) is 0 Å². The van der Waals surface area contributed by atoms with Crippen molar-refractivity contribution >= 4 is 22.3 Å². The average Bonchev–Trinajstić information content (AvgIpc) is 3.39. The Hall–Kier alpha value is -3.92. The number of rotatable bonds is 2. The van der Waals surface area contributed by atoms with Crippen LogP contribution in [0.5, 0.6) is 0 Å². The van der Waals surface area contributed by atoms with Gasteiger partial charge in [-0.15, -0.1) is 0 Å². The second kappa shape index (κ2) is 6.79. The minimum Gasteiger partial charge on any atom is -0.277 e. The van der Waals surface area contributed by atoms with Crippen LogP contribution in [0, 0.1) is 27.7 Å². The molecule has 0 aliphatic rings. The molecular formula is C28H24N4. The minimum atomic E-state index is 0.881. The largest absolute Gasteiger partial charge is 0.277 e. The van der Waals surface area contributed by atoms with E-state index in [0.717, 1.165) is 33.7 Å². The van der Waals surface area contributed by atoms with Crippen molar-refractivity contribution in [3.63, 3.8) is 0 Å². The molecule has 4 heteroatoms. The van der Waals surface area contributed by atoms with Gasteiger partial charge in [-0.25, -0.2) is 9.97 Å². The Bertz CT molecular complexity index is 1630. The van der Waals surface area contributed by atoms with E-state index in [2.05, 4.69) is 97.2 Å². The Labute approximate surface area is 186 Å². The fraction of sp³-hybridized carbons (Fsp3) is 0.143. The summed E-state index contributed by atoms with van der Waals surface area (Å²) in [6.45, 7) is 8.66. The van der Waals surface area contributed by atoms with E-state index in [-0.39, 0.29) is 0 Å². The summed E-state index contributed by atoms with van der Waals surface area (Å²) >= 11 is 0. The minimum absolute atomic E-state index is 0.881. The molecule has 3 aromatic heterocycles. The van der Waals surface area contributed by atoms with Gasteiger partial charge < -0.3 is 0 Å². The van der Waals surface area contributed by atoms with Crippen LogP contribution in [0.25, 0.3) is 44.8 Å². The van der Waals surface area contributed by atoms with Crippen LogP contribution in [0.3, 0.4) is 0 Å². The normalized spacial score (nSPS) is 11.8. The maximum absolute atomic E-state index is 4.96. The lowest BCUT2D eigenvalue weighted by atomic mass is 10.0. The molecule has 6 aromatic rings. The first kappa shape index (κ1) is 18.8. The number of hydrogen-bond donors (Lipinski definition) is 0. The van der Waals surface area contributed by atoms with Gasteiger partial charge in [-0.1, -0.05) is 48.5 Å². The van der Waals surface area contributed by atoms with Gasteiger partial charge in [-0.3, -0.25) is 8.80 Å². The van der Waals surface area contributed by atoms with Crippen LogP contribution in [0.2, 0.25) is 0 Å². The summed E-state index contributed by atoms with van der Waals surface area (Å²) in [5, 5.41) is 1.11. The molecule has 0 aliphatic carbocycles. The highest BCUT2D eigenvalue weighted by atomic mass is 15.2. The Morgan fingerprint density at radius 3 is 1.72 bits per heavy atom. The molecule has 0 atom stereocenters. The zero-order valence-electron chi connectivity index (χ0n) is 18.7. The molecule has 6 rings (SSSR count). The quantitative estimate of drug-likeness (QED) is 0.315. The fourth-order valence-corrected chi connectivity index (χ4v) is 5.13.